The molecule has 0 radical (unpaired) electrons. The van der Waals surface area contributed by atoms with E-state index in [-0.39, 0.29) is 6.04 Å². The summed E-state index contributed by atoms with van der Waals surface area (Å²) in [5, 5.41) is 3.29. The Morgan fingerprint density at radius 1 is 1.32 bits per heavy atom. The largest absolute Gasteiger partial charge is 0.497 e. The van der Waals surface area contributed by atoms with Crippen LogP contribution in [-0.4, -0.2) is 24.1 Å². The van der Waals surface area contributed by atoms with Crippen molar-refractivity contribution >= 4 is 15.9 Å². The third-order valence-electron chi connectivity index (χ3n) is 3.01. The van der Waals surface area contributed by atoms with Crippen molar-refractivity contribution in [3.63, 3.8) is 0 Å². The Labute approximate surface area is 121 Å². The normalized spacial score (nSPS) is 12.2. The summed E-state index contributed by atoms with van der Waals surface area (Å²) in [6.07, 6.45) is 6.05. The fourth-order valence-electron chi connectivity index (χ4n) is 1.93. The summed E-state index contributed by atoms with van der Waals surface area (Å²) in [6.45, 7) is 0. The molecule has 2 rings (SSSR count). The Morgan fingerprint density at radius 2 is 2.05 bits per heavy atom. The molecule has 0 fully saturated rings. The lowest BCUT2D eigenvalue weighted by molar-refractivity contribution is 0.413. The number of methoxy groups -OCH3 is 1. The first-order chi connectivity index (χ1) is 9.24. The van der Waals surface area contributed by atoms with E-state index in [2.05, 4.69) is 31.2 Å². The van der Waals surface area contributed by atoms with Crippen LogP contribution in [0.3, 0.4) is 0 Å². The number of hydrogen-bond donors (Lipinski definition) is 1. The second-order valence-electron chi connectivity index (χ2n) is 4.17. The van der Waals surface area contributed by atoms with Crippen molar-refractivity contribution in [3.8, 4) is 5.75 Å². The summed E-state index contributed by atoms with van der Waals surface area (Å²) in [6, 6.07) is 6.15. The van der Waals surface area contributed by atoms with Crippen LogP contribution in [0, 0.1) is 0 Å². The van der Waals surface area contributed by atoms with Crippen LogP contribution in [0.15, 0.2) is 41.4 Å². The molecule has 0 spiro atoms. The van der Waals surface area contributed by atoms with Crippen molar-refractivity contribution in [2.75, 3.05) is 14.2 Å². The predicted octanol–water partition coefficient (Wildman–Crippen LogP) is 2.75. The van der Waals surface area contributed by atoms with Crippen LogP contribution in [0.2, 0.25) is 0 Å². The van der Waals surface area contributed by atoms with Crippen LogP contribution < -0.4 is 10.1 Å². The number of ether oxygens (including phenoxy) is 1. The molecule has 0 aliphatic heterocycles. The van der Waals surface area contributed by atoms with Crippen molar-refractivity contribution < 1.29 is 4.74 Å². The van der Waals surface area contributed by atoms with Crippen LogP contribution in [0.4, 0.5) is 0 Å². The van der Waals surface area contributed by atoms with Crippen LogP contribution in [0.25, 0.3) is 0 Å². The molecule has 0 aliphatic carbocycles. The molecule has 0 aliphatic rings. The van der Waals surface area contributed by atoms with Gasteiger partial charge in [-0.05, 0) is 37.2 Å². The maximum absolute atomic E-state index is 5.26. The maximum Gasteiger partial charge on any atom is 0.119 e. The molecule has 19 heavy (non-hydrogen) atoms. The SMILES string of the molecule is CNC(Cc1cc(OC)ccc1Br)c1cncnc1. The molecule has 1 N–H and O–H groups in total. The van der Waals surface area contributed by atoms with E-state index < -0.39 is 0 Å². The third kappa shape index (κ3) is 3.52. The molecule has 5 heteroatoms. The number of halogens is 1. The molecule has 0 saturated heterocycles. The summed E-state index contributed by atoms with van der Waals surface area (Å²) in [7, 11) is 3.61. The molecule has 1 unspecified atom stereocenters. The summed E-state index contributed by atoms with van der Waals surface area (Å²) < 4.78 is 6.34. The van der Waals surface area contributed by atoms with Gasteiger partial charge in [-0.2, -0.15) is 0 Å². The second-order valence-corrected chi connectivity index (χ2v) is 5.03. The zero-order valence-electron chi connectivity index (χ0n) is 10.9. The number of benzene rings is 1. The predicted molar refractivity (Wildman–Crippen MR) is 78.2 cm³/mol. The highest BCUT2D eigenvalue weighted by Gasteiger charge is 2.13. The number of hydrogen-bond acceptors (Lipinski definition) is 4. The van der Waals surface area contributed by atoms with Gasteiger partial charge in [0.2, 0.25) is 0 Å². The van der Waals surface area contributed by atoms with E-state index in [1.165, 1.54) is 11.9 Å². The molecular formula is C14H16BrN3O. The second kappa shape index (κ2) is 6.63. The molecule has 0 amide bonds. The average molecular weight is 322 g/mol. The van der Waals surface area contributed by atoms with Gasteiger partial charge in [-0.25, -0.2) is 9.97 Å². The van der Waals surface area contributed by atoms with Crippen molar-refractivity contribution in [1.29, 1.82) is 0 Å². The molecule has 1 atom stereocenters. The molecule has 0 bridgehead atoms. The summed E-state index contributed by atoms with van der Waals surface area (Å²) in [5.41, 5.74) is 2.25. The lowest BCUT2D eigenvalue weighted by Gasteiger charge is -2.17. The monoisotopic (exact) mass is 321 g/mol. The van der Waals surface area contributed by atoms with Gasteiger partial charge in [0.25, 0.3) is 0 Å². The quantitative estimate of drug-likeness (QED) is 0.919. The van der Waals surface area contributed by atoms with Gasteiger partial charge in [0, 0.05) is 28.5 Å². The lowest BCUT2D eigenvalue weighted by atomic mass is 10.0. The van der Waals surface area contributed by atoms with E-state index in [1.54, 1.807) is 7.11 Å². The average Bonchev–Trinajstić information content (AvgIpc) is 2.47. The Bertz CT molecular complexity index is 533. The van der Waals surface area contributed by atoms with Gasteiger partial charge in [-0.3, -0.25) is 0 Å². The lowest BCUT2D eigenvalue weighted by Crippen LogP contribution is -2.19. The van der Waals surface area contributed by atoms with E-state index in [9.17, 15) is 0 Å². The number of rotatable bonds is 5. The van der Waals surface area contributed by atoms with Crippen LogP contribution in [0.5, 0.6) is 5.75 Å². The highest BCUT2D eigenvalue weighted by Crippen LogP contribution is 2.26. The minimum absolute atomic E-state index is 0.171. The van der Waals surface area contributed by atoms with Gasteiger partial charge >= 0.3 is 0 Å². The molecule has 1 aromatic heterocycles. The van der Waals surface area contributed by atoms with Gasteiger partial charge in [0.15, 0.2) is 0 Å². The Kier molecular flexibility index (Phi) is 4.87. The van der Waals surface area contributed by atoms with E-state index >= 15 is 0 Å². The molecule has 2 aromatic rings. The molecule has 100 valence electrons. The van der Waals surface area contributed by atoms with Gasteiger partial charge in [-0.1, -0.05) is 15.9 Å². The summed E-state index contributed by atoms with van der Waals surface area (Å²) in [5.74, 6) is 0.859. The smallest absolute Gasteiger partial charge is 0.119 e. The highest BCUT2D eigenvalue weighted by atomic mass is 79.9. The van der Waals surface area contributed by atoms with E-state index in [1.807, 2.05) is 37.6 Å². The molecule has 4 nitrogen and oxygen atoms in total. The van der Waals surface area contributed by atoms with Gasteiger partial charge in [-0.15, -0.1) is 0 Å². The van der Waals surface area contributed by atoms with E-state index in [0.717, 1.165) is 22.2 Å². The van der Waals surface area contributed by atoms with Crippen molar-refractivity contribution in [3.05, 3.63) is 52.5 Å². The van der Waals surface area contributed by atoms with Gasteiger partial charge in [0.05, 0.1) is 7.11 Å². The maximum atomic E-state index is 5.26. The fraction of sp³-hybridized carbons (Fsp3) is 0.286. The Hall–Kier alpha value is -1.46. The molecular weight excluding hydrogens is 306 g/mol. The number of nitrogens with one attached hydrogen (secondary N) is 1. The zero-order valence-corrected chi connectivity index (χ0v) is 12.5. The van der Waals surface area contributed by atoms with Crippen molar-refractivity contribution in [1.82, 2.24) is 15.3 Å². The minimum atomic E-state index is 0.171. The zero-order chi connectivity index (χ0) is 13.7. The number of likely N-dealkylation sites (N-methyl/N-ethyl adjacent to an activating group) is 1. The first-order valence-corrected chi connectivity index (χ1v) is 6.78. The van der Waals surface area contributed by atoms with Gasteiger partial charge < -0.3 is 10.1 Å². The number of nitrogens with zero attached hydrogens (tertiary/aromatic N) is 2. The third-order valence-corrected chi connectivity index (χ3v) is 3.78. The first kappa shape index (κ1) is 14.0. The van der Waals surface area contributed by atoms with Gasteiger partial charge in [0.1, 0.15) is 12.1 Å². The topological polar surface area (TPSA) is 47.0 Å². The molecule has 1 aromatic carbocycles. The number of aromatic nitrogens is 2. The fourth-order valence-corrected chi connectivity index (χ4v) is 2.34. The van der Waals surface area contributed by atoms with Crippen molar-refractivity contribution in [2.45, 2.75) is 12.5 Å². The van der Waals surface area contributed by atoms with Crippen LogP contribution in [0.1, 0.15) is 17.2 Å². The summed E-state index contributed by atoms with van der Waals surface area (Å²) >= 11 is 3.58. The van der Waals surface area contributed by atoms with Crippen LogP contribution in [-0.2, 0) is 6.42 Å². The standard InChI is InChI=1S/C14H16BrN3O/c1-16-14(11-7-17-9-18-8-11)6-10-5-12(19-2)3-4-13(10)15/h3-5,7-9,14,16H,6H2,1-2H3. The van der Waals surface area contributed by atoms with Crippen molar-refractivity contribution in [2.24, 2.45) is 0 Å². The minimum Gasteiger partial charge on any atom is -0.497 e. The molecule has 1 heterocycles. The Morgan fingerprint density at radius 3 is 2.68 bits per heavy atom. The van der Waals surface area contributed by atoms with E-state index in [0.29, 0.717) is 0 Å². The highest BCUT2D eigenvalue weighted by molar-refractivity contribution is 9.10. The first-order valence-electron chi connectivity index (χ1n) is 5.99. The van der Waals surface area contributed by atoms with Crippen LogP contribution >= 0.6 is 15.9 Å². The molecule has 0 saturated carbocycles. The van der Waals surface area contributed by atoms with E-state index in [4.69, 9.17) is 4.74 Å². The summed E-state index contributed by atoms with van der Waals surface area (Å²) in [4.78, 5) is 8.13. The Balaban J connectivity index is 2.23.